The predicted octanol–water partition coefficient (Wildman–Crippen LogP) is 1.68. The molecule has 1 aromatic rings. The van der Waals surface area contributed by atoms with Gasteiger partial charge in [-0.25, -0.2) is 0 Å². The molecule has 2 heterocycles. The maximum Gasteiger partial charge on any atom is 0.308 e. The second kappa shape index (κ2) is 5.64. The molecule has 1 fully saturated rings. The molecule has 0 radical (unpaired) electrons. The van der Waals surface area contributed by atoms with E-state index in [1.54, 1.807) is 15.8 Å². The highest BCUT2D eigenvalue weighted by atomic mass is 16.4. The minimum atomic E-state index is -0.850. The van der Waals surface area contributed by atoms with Crippen LogP contribution in [0.1, 0.15) is 45.2 Å². The van der Waals surface area contributed by atoms with Gasteiger partial charge < -0.3 is 10.0 Å². The van der Waals surface area contributed by atoms with Gasteiger partial charge in [0.1, 0.15) is 0 Å². The summed E-state index contributed by atoms with van der Waals surface area (Å²) in [6.07, 6.45) is 4.21. The standard InChI is InChI=1S/C14H21N3O3/c1-4-16-8-10(7-15-16)13-11(14(19)20)5-6-12(18)17(13)9(2)3/h7-9,11,13H,4-6H2,1-3H3,(H,19,20). The van der Waals surface area contributed by atoms with E-state index in [1.165, 1.54) is 0 Å². The molecular weight excluding hydrogens is 258 g/mol. The van der Waals surface area contributed by atoms with E-state index < -0.39 is 17.9 Å². The number of hydrogen-bond donors (Lipinski definition) is 1. The molecule has 0 saturated carbocycles. The van der Waals surface area contributed by atoms with E-state index in [2.05, 4.69) is 5.10 Å². The number of aliphatic carboxylic acids is 1. The van der Waals surface area contributed by atoms with E-state index >= 15 is 0 Å². The number of carbonyl (C=O) groups is 2. The number of aryl methyl sites for hydroxylation is 1. The molecule has 0 spiro atoms. The van der Waals surface area contributed by atoms with Crippen LogP contribution in [-0.4, -0.2) is 37.7 Å². The lowest BCUT2D eigenvalue weighted by molar-refractivity contribution is -0.153. The van der Waals surface area contributed by atoms with Gasteiger partial charge in [0.05, 0.1) is 18.2 Å². The van der Waals surface area contributed by atoms with Crippen molar-refractivity contribution in [3.05, 3.63) is 18.0 Å². The van der Waals surface area contributed by atoms with Crippen molar-refractivity contribution in [2.45, 2.75) is 52.2 Å². The molecule has 110 valence electrons. The monoisotopic (exact) mass is 279 g/mol. The predicted molar refractivity (Wildman–Crippen MR) is 73.0 cm³/mol. The molecule has 0 aliphatic carbocycles. The van der Waals surface area contributed by atoms with Crippen LogP contribution in [-0.2, 0) is 16.1 Å². The van der Waals surface area contributed by atoms with Crippen LogP contribution in [0.3, 0.4) is 0 Å². The molecule has 1 aromatic heterocycles. The van der Waals surface area contributed by atoms with Gasteiger partial charge in [0.15, 0.2) is 0 Å². The third-order valence-corrected chi connectivity index (χ3v) is 3.83. The molecular formula is C14H21N3O3. The van der Waals surface area contributed by atoms with Crippen LogP contribution in [0.2, 0.25) is 0 Å². The Hall–Kier alpha value is -1.85. The minimum Gasteiger partial charge on any atom is -0.481 e. The van der Waals surface area contributed by atoms with E-state index in [9.17, 15) is 14.7 Å². The number of likely N-dealkylation sites (tertiary alicyclic amines) is 1. The lowest BCUT2D eigenvalue weighted by atomic mass is 9.84. The van der Waals surface area contributed by atoms with Crippen molar-refractivity contribution in [1.29, 1.82) is 0 Å². The Morgan fingerprint density at radius 3 is 2.75 bits per heavy atom. The van der Waals surface area contributed by atoms with Gasteiger partial charge in [-0.2, -0.15) is 5.10 Å². The van der Waals surface area contributed by atoms with E-state index in [0.717, 1.165) is 12.1 Å². The fourth-order valence-corrected chi connectivity index (χ4v) is 2.88. The second-order valence-corrected chi connectivity index (χ2v) is 5.45. The number of carboxylic acids is 1. The second-order valence-electron chi connectivity index (χ2n) is 5.45. The molecule has 1 aliphatic heterocycles. The molecule has 2 atom stereocenters. The van der Waals surface area contributed by atoms with Gasteiger partial charge in [-0.05, 0) is 27.2 Å². The van der Waals surface area contributed by atoms with Gasteiger partial charge in [0.2, 0.25) is 5.91 Å². The Labute approximate surface area is 118 Å². The number of amides is 1. The van der Waals surface area contributed by atoms with Crippen molar-refractivity contribution < 1.29 is 14.7 Å². The topological polar surface area (TPSA) is 75.4 Å². The fraction of sp³-hybridized carbons (Fsp3) is 0.643. The number of nitrogens with zero attached hydrogens (tertiary/aromatic N) is 3. The van der Waals surface area contributed by atoms with Gasteiger partial charge in [-0.3, -0.25) is 14.3 Å². The summed E-state index contributed by atoms with van der Waals surface area (Å²) in [4.78, 5) is 25.4. The largest absolute Gasteiger partial charge is 0.481 e. The summed E-state index contributed by atoms with van der Waals surface area (Å²) in [5, 5.41) is 13.7. The van der Waals surface area contributed by atoms with Gasteiger partial charge in [-0.15, -0.1) is 0 Å². The summed E-state index contributed by atoms with van der Waals surface area (Å²) in [6.45, 7) is 6.52. The molecule has 1 aliphatic rings. The Balaban J connectivity index is 2.42. The first kappa shape index (κ1) is 14.6. The number of carbonyl (C=O) groups excluding carboxylic acids is 1. The highest BCUT2D eigenvalue weighted by molar-refractivity contribution is 5.82. The van der Waals surface area contributed by atoms with E-state index in [0.29, 0.717) is 12.8 Å². The van der Waals surface area contributed by atoms with Gasteiger partial charge in [0, 0.05) is 30.8 Å². The Morgan fingerprint density at radius 2 is 2.25 bits per heavy atom. The highest BCUT2D eigenvalue weighted by Crippen LogP contribution is 2.38. The minimum absolute atomic E-state index is 0.0201. The molecule has 6 nitrogen and oxygen atoms in total. The molecule has 1 amide bonds. The first-order valence-electron chi connectivity index (χ1n) is 7.02. The van der Waals surface area contributed by atoms with Crippen LogP contribution in [0.5, 0.6) is 0 Å². The normalized spacial score (nSPS) is 23.4. The number of rotatable bonds is 4. The van der Waals surface area contributed by atoms with Crippen LogP contribution in [0.25, 0.3) is 0 Å². The summed E-state index contributed by atoms with van der Waals surface area (Å²) >= 11 is 0. The fourth-order valence-electron chi connectivity index (χ4n) is 2.88. The van der Waals surface area contributed by atoms with Gasteiger partial charge in [0.25, 0.3) is 0 Å². The van der Waals surface area contributed by atoms with Crippen LogP contribution < -0.4 is 0 Å². The number of carboxylic acid groups (broad SMARTS) is 1. The first-order chi connectivity index (χ1) is 9.45. The van der Waals surface area contributed by atoms with Gasteiger partial charge in [-0.1, -0.05) is 0 Å². The van der Waals surface area contributed by atoms with Crippen LogP contribution >= 0.6 is 0 Å². The number of aromatic nitrogens is 2. The SMILES string of the molecule is CCn1cc(C2C(C(=O)O)CCC(=O)N2C(C)C)cn1. The first-order valence-corrected chi connectivity index (χ1v) is 7.02. The highest BCUT2D eigenvalue weighted by Gasteiger charge is 2.42. The average Bonchev–Trinajstić information content (AvgIpc) is 2.85. The summed E-state index contributed by atoms with van der Waals surface area (Å²) in [7, 11) is 0. The maximum atomic E-state index is 12.2. The molecule has 6 heteroatoms. The summed E-state index contributed by atoms with van der Waals surface area (Å²) < 4.78 is 1.76. The number of piperidine rings is 1. The zero-order chi connectivity index (χ0) is 14.9. The summed E-state index contributed by atoms with van der Waals surface area (Å²) in [6, 6.07) is -0.450. The maximum absolute atomic E-state index is 12.2. The van der Waals surface area contributed by atoms with Gasteiger partial charge >= 0.3 is 5.97 Å². The Bertz CT molecular complexity index is 510. The van der Waals surface area contributed by atoms with E-state index in [-0.39, 0.29) is 11.9 Å². The van der Waals surface area contributed by atoms with Crippen molar-refractivity contribution in [3.8, 4) is 0 Å². The third-order valence-electron chi connectivity index (χ3n) is 3.83. The quantitative estimate of drug-likeness (QED) is 0.909. The van der Waals surface area contributed by atoms with Crippen molar-refractivity contribution in [2.75, 3.05) is 0 Å². The van der Waals surface area contributed by atoms with Crippen molar-refractivity contribution >= 4 is 11.9 Å². The summed E-state index contributed by atoms with van der Waals surface area (Å²) in [5.74, 6) is -1.39. The van der Waals surface area contributed by atoms with Crippen molar-refractivity contribution in [3.63, 3.8) is 0 Å². The van der Waals surface area contributed by atoms with Crippen LogP contribution in [0, 0.1) is 5.92 Å². The molecule has 0 aromatic carbocycles. The number of hydrogen-bond acceptors (Lipinski definition) is 3. The zero-order valence-corrected chi connectivity index (χ0v) is 12.1. The molecule has 2 rings (SSSR count). The third kappa shape index (κ3) is 2.55. The van der Waals surface area contributed by atoms with Crippen molar-refractivity contribution in [1.82, 2.24) is 14.7 Å². The Morgan fingerprint density at radius 1 is 1.55 bits per heavy atom. The zero-order valence-electron chi connectivity index (χ0n) is 12.1. The molecule has 20 heavy (non-hydrogen) atoms. The van der Waals surface area contributed by atoms with Crippen molar-refractivity contribution in [2.24, 2.45) is 5.92 Å². The molecule has 2 unspecified atom stereocenters. The van der Waals surface area contributed by atoms with E-state index in [1.807, 2.05) is 27.0 Å². The molecule has 0 bridgehead atoms. The smallest absolute Gasteiger partial charge is 0.308 e. The molecule has 1 N–H and O–H groups in total. The Kier molecular flexibility index (Phi) is 4.11. The molecule has 1 saturated heterocycles. The average molecular weight is 279 g/mol. The van der Waals surface area contributed by atoms with Crippen LogP contribution in [0.4, 0.5) is 0 Å². The lowest BCUT2D eigenvalue weighted by Crippen LogP contribution is -2.48. The van der Waals surface area contributed by atoms with Crippen LogP contribution in [0.15, 0.2) is 12.4 Å². The lowest BCUT2D eigenvalue weighted by Gasteiger charge is -2.41. The summed E-state index contributed by atoms with van der Waals surface area (Å²) in [5.41, 5.74) is 0.806. The van der Waals surface area contributed by atoms with E-state index in [4.69, 9.17) is 0 Å².